The molecule has 0 spiro atoms. The molecule has 0 bridgehead atoms. The molecule has 1 amide bonds. The highest BCUT2D eigenvalue weighted by Gasteiger charge is 2.14. The molecule has 0 atom stereocenters. The number of benzene rings is 1. The smallest absolute Gasteiger partial charge is 0.255 e. The van der Waals surface area contributed by atoms with Crippen LogP contribution in [0.15, 0.2) is 22.7 Å². The van der Waals surface area contributed by atoms with E-state index in [4.69, 9.17) is 0 Å². The molecule has 5 heteroatoms. The zero-order valence-electron chi connectivity index (χ0n) is 11.4. The van der Waals surface area contributed by atoms with E-state index in [0.29, 0.717) is 5.56 Å². The first kappa shape index (κ1) is 13.8. The number of anilines is 1. The van der Waals surface area contributed by atoms with Crippen molar-refractivity contribution in [1.82, 2.24) is 9.78 Å². The fraction of sp³-hybridized carbons (Fsp3) is 0.286. The Labute approximate surface area is 120 Å². The van der Waals surface area contributed by atoms with Crippen molar-refractivity contribution in [3.05, 3.63) is 45.2 Å². The van der Waals surface area contributed by atoms with E-state index in [0.717, 1.165) is 27.1 Å². The summed E-state index contributed by atoms with van der Waals surface area (Å²) in [6.07, 6.45) is 0. The van der Waals surface area contributed by atoms with Gasteiger partial charge in [0.05, 0.1) is 17.1 Å². The molecule has 0 unspecified atom stereocenters. The van der Waals surface area contributed by atoms with E-state index in [1.54, 1.807) is 4.68 Å². The molecule has 0 aliphatic heterocycles. The number of halogens is 1. The van der Waals surface area contributed by atoms with Crippen LogP contribution < -0.4 is 5.32 Å². The molecule has 1 heterocycles. The summed E-state index contributed by atoms with van der Waals surface area (Å²) in [6, 6.07) is 5.64. The standard InChI is InChI=1S/C14H16BrN3O/c1-8-5-11(7-12(15)6-8)14(19)16-13-9(2)17-18(4)10(13)3/h5-7H,1-4H3,(H,16,19). The van der Waals surface area contributed by atoms with Gasteiger partial charge < -0.3 is 5.32 Å². The Balaban J connectivity index is 2.30. The Morgan fingerprint density at radius 1 is 1.26 bits per heavy atom. The van der Waals surface area contributed by atoms with Gasteiger partial charge in [0.25, 0.3) is 5.91 Å². The number of carbonyl (C=O) groups is 1. The summed E-state index contributed by atoms with van der Waals surface area (Å²) in [7, 11) is 1.86. The first-order valence-corrected chi connectivity index (χ1v) is 6.76. The van der Waals surface area contributed by atoms with Crippen LogP contribution in [0.4, 0.5) is 5.69 Å². The van der Waals surface area contributed by atoms with E-state index in [-0.39, 0.29) is 5.91 Å². The minimum atomic E-state index is -0.122. The highest BCUT2D eigenvalue weighted by molar-refractivity contribution is 9.10. The monoisotopic (exact) mass is 321 g/mol. The van der Waals surface area contributed by atoms with Crippen LogP contribution >= 0.6 is 15.9 Å². The Hall–Kier alpha value is -1.62. The molecule has 2 rings (SSSR count). The van der Waals surface area contributed by atoms with Gasteiger partial charge in [-0.15, -0.1) is 0 Å². The molecule has 19 heavy (non-hydrogen) atoms. The summed E-state index contributed by atoms with van der Waals surface area (Å²) in [5.74, 6) is -0.122. The molecule has 2 aromatic rings. The molecule has 0 saturated heterocycles. The van der Waals surface area contributed by atoms with Gasteiger partial charge in [-0.05, 0) is 44.5 Å². The molecule has 0 fully saturated rings. The summed E-state index contributed by atoms with van der Waals surface area (Å²) < 4.78 is 2.66. The van der Waals surface area contributed by atoms with Gasteiger partial charge in [-0.25, -0.2) is 0 Å². The maximum atomic E-state index is 12.3. The Kier molecular flexibility index (Phi) is 3.75. The molecule has 4 nitrogen and oxygen atoms in total. The van der Waals surface area contributed by atoms with Crippen molar-refractivity contribution in [2.75, 3.05) is 5.32 Å². The predicted molar refractivity (Wildman–Crippen MR) is 79.5 cm³/mol. The van der Waals surface area contributed by atoms with Crippen LogP contribution in [0.5, 0.6) is 0 Å². The molecule has 1 aromatic heterocycles. The Morgan fingerprint density at radius 2 is 1.95 bits per heavy atom. The Morgan fingerprint density at radius 3 is 2.47 bits per heavy atom. The zero-order chi connectivity index (χ0) is 14.2. The van der Waals surface area contributed by atoms with Gasteiger partial charge in [-0.2, -0.15) is 5.10 Å². The van der Waals surface area contributed by atoms with Crippen LogP contribution in [-0.2, 0) is 7.05 Å². The zero-order valence-corrected chi connectivity index (χ0v) is 13.0. The number of rotatable bonds is 2. The third kappa shape index (κ3) is 2.87. The van der Waals surface area contributed by atoms with Crippen molar-refractivity contribution < 1.29 is 4.79 Å². The summed E-state index contributed by atoms with van der Waals surface area (Å²) in [5, 5.41) is 7.21. The number of nitrogens with zero attached hydrogens (tertiary/aromatic N) is 2. The van der Waals surface area contributed by atoms with Crippen LogP contribution in [0.1, 0.15) is 27.3 Å². The van der Waals surface area contributed by atoms with Crippen LogP contribution in [0.3, 0.4) is 0 Å². The number of amides is 1. The third-order valence-corrected chi connectivity index (χ3v) is 3.51. The van der Waals surface area contributed by atoms with Gasteiger partial charge in [0.2, 0.25) is 0 Å². The van der Waals surface area contributed by atoms with E-state index < -0.39 is 0 Å². The van der Waals surface area contributed by atoms with Gasteiger partial charge in [-0.1, -0.05) is 15.9 Å². The molecular weight excluding hydrogens is 306 g/mol. The first-order chi connectivity index (χ1) is 8.88. The number of nitrogens with one attached hydrogen (secondary N) is 1. The maximum absolute atomic E-state index is 12.3. The number of aromatic nitrogens is 2. The molecule has 1 N–H and O–H groups in total. The van der Waals surface area contributed by atoms with Crippen molar-refractivity contribution >= 4 is 27.5 Å². The second-order valence-electron chi connectivity index (χ2n) is 4.64. The molecule has 0 aliphatic rings. The van der Waals surface area contributed by atoms with Crippen LogP contribution in [-0.4, -0.2) is 15.7 Å². The topological polar surface area (TPSA) is 46.9 Å². The normalized spacial score (nSPS) is 10.6. The molecule has 100 valence electrons. The molecule has 0 saturated carbocycles. The van der Waals surface area contributed by atoms with Gasteiger partial charge in [0.15, 0.2) is 0 Å². The lowest BCUT2D eigenvalue weighted by atomic mass is 10.1. The highest BCUT2D eigenvalue weighted by atomic mass is 79.9. The first-order valence-electron chi connectivity index (χ1n) is 5.97. The number of aryl methyl sites for hydroxylation is 3. The van der Waals surface area contributed by atoms with Crippen LogP contribution in [0.2, 0.25) is 0 Å². The van der Waals surface area contributed by atoms with Crippen molar-refractivity contribution in [3.63, 3.8) is 0 Å². The van der Waals surface area contributed by atoms with Crippen molar-refractivity contribution in [2.24, 2.45) is 7.05 Å². The quantitative estimate of drug-likeness (QED) is 0.921. The van der Waals surface area contributed by atoms with E-state index in [9.17, 15) is 4.79 Å². The SMILES string of the molecule is Cc1cc(Br)cc(C(=O)Nc2c(C)nn(C)c2C)c1. The van der Waals surface area contributed by atoms with E-state index in [1.165, 1.54) is 0 Å². The summed E-state index contributed by atoms with van der Waals surface area (Å²) >= 11 is 3.40. The number of carbonyl (C=O) groups excluding carboxylic acids is 1. The lowest BCUT2D eigenvalue weighted by Crippen LogP contribution is -2.13. The lowest BCUT2D eigenvalue weighted by molar-refractivity contribution is 0.102. The maximum Gasteiger partial charge on any atom is 0.255 e. The number of hydrogen-bond donors (Lipinski definition) is 1. The van der Waals surface area contributed by atoms with Gasteiger partial charge >= 0.3 is 0 Å². The van der Waals surface area contributed by atoms with Crippen molar-refractivity contribution in [1.29, 1.82) is 0 Å². The number of hydrogen-bond acceptors (Lipinski definition) is 2. The van der Waals surface area contributed by atoms with E-state index in [2.05, 4.69) is 26.3 Å². The van der Waals surface area contributed by atoms with Crippen LogP contribution in [0.25, 0.3) is 0 Å². The average molecular weight is 322 g/mol. The second kappa shape index (κ2) is 5.17. The van der Waals surface area contributed by atoms with E-state index >= 15 is 0 Å². The largest absolute Gasteiger partial charge is 0.319 e. The molecule has 0 radical (unpaired) electrons. The average Bonchev–Trinajstić information content (AvgIpc) is 2.54. The molecular formula is C14H16BrN3O. The van der Waals surface area contributed by atoms with Gasteiger partial charge in [-0.3, -0.25) is 9.48 Å². The van der Waals surface area contributed by atoms with E-state index in [1.807, 2.05) is 46.0 Å². The highest BCUT2D eigenvalue weighted by Crippen LogP contribution is 2.21. The molecule has 0 aliphatic carbocycles. The van der Waals surface area contributed by atoms with Crippen LogP contribution in [0, 0.1) is 20.8 Å². The Bertz CT molecular complexity index is 626. The fourth-order valence-corrected chi connectivity index (χ4v) is 2.62. The summed E-state index contributed by atoms with van der Waals surface area (Å²) in [6.45, 7) is 5.78. The summed E-state index contributed by atoms with van der Waals surface area (Å²) in [4.78, 5) is 12.3. The predicted octanol–water partition coefficient (Wildman–Crippen LogP) is 3.36. The van der Waals surface area contributed by atoms with Crippen molar-refractivity contribution in [3.8, 4) is 0 Å². The second-order valence-corrected chi connectivity index (χ2v) is 5.56. The molecule has 1 aromatic carbocycles. The lowest BCUT2D eigenvalue weighted by Gasteiger charge is -2.07. The van der Waals surface area contributed by atoms with Gasteiger partial charge in [0.1, 0.15) is 0 Å². The van der Waals surface area contributed by atoms with Crippen molar-refractivity contribution in [2.45, 2.75) is 20.8 Å². The minimum absolute atomic E-state index is 0.122. The summed E-state index contributed by atoms with van der Waals surface area (Å²) in [5.41, 5.74) is 4.22. The minimum Gasteiger partial charge on any atom is -0.319 e. The third-order valence-electron chi connectivity index (χ3n) is 3.05. The van der Waals surface area contributed by atoms with Gasteiger partial charge in [0, 0.05) is 17.1 Å². The fourth-order valence-electron chi connectivity index (χ4n) is 2.01.